The number of hydrogen-bond acceptors (Lipinski definition) is 8. The van der Waals surface area contributed by atoms with Crippen LogP contribution in [-0.4, -0.2) is 57.7 Å². The summed E-state index contributed by atoms with van der Waals surface area (Å²) < 4.78 is 49.6. The highest BCUT2D eigenvalue weighted by Crippen LogP contribution is 2.30. The first-order valence-corrected chi connectivity index (χ1v) is 13.3. The fourth-order valence-electron chi connectivity index (χ4n) is 3.42. The highest BCUT2D eigenvalue weighted by molar-refractivity contribution is 7.14. The molecule has 0 aliphatic rings. The van der Waals surface area contributed by atoms with E-state index in [1.807, 2.05) is 6.92 Å². The Bertz CT molecular complexity index is 1320. The van der Waals surface area contributed by atoms with Crippen molar-refractivity contribution in [1.29, 1.82) is 0 Å². The number of ether oxygens (including phenoxy) is 2. The van der Waals surface area contributed by atoms with E-state index >= 15 is 0 Å². The van der Waals surface area contributed by atoms with Crippen LogP contribution in [0.2, 0.25) is 0 Å². The first kappa shape index (κ1) is 30.8. The van der Waals surface area contributed by atoms with Crippen molar-refractivity contribution in [2.45, 2.75) is 58.9 Å². The zero-order valence-corrected chi connectivity index (χ0v) is 23.9. The molecule has 2 amide bonds. The Morgan fingerprint density at radius 2 is 1.75 bits per heavy atom. The van der Waals surface area contributed by atoms with E-state index in [4.69, 9.17) is 9.47 Å². The Morgan fingerprint density at radius 1 is 1.07 bits per heavy atom. The van der Waals surface area contributed by atoms with Crippen LogP contribution in [0, 0.1) is 6.92 Å². The van der Waals surface area contributed by atoms with Gasteiger partial charge in [0.05, 0.1) is 12.6 Å². The Hall–Kier alpha value is -3.74. The zero-order chi connectivity index (χ0) is 29.7. The molecule has 0 fully saturated rings. The average molecular weight is 580 g/mol. The van der Waals surface area contributed by atoms with Crippen LogP contribution in [0.5, 0.6) is 5.75 Å². The third kappa shape index (κ3) is 8.90. The molecule has 1 atom stereocenters. The van der Waals surface area contributed by atoms with Crippen molar-refractivity contribution < 1.29 is 32.2 Å². The molecule has 9 nitrogen and oxygen atoms in total. The van der Waals surface area contributed by atoms with E-state index in [1.165, 1.54) is 16.2 Å². The van der Waals surface area contributed by atoms with Gasteiger partial charge in [-0.15, -0.1) is 11.3 Å². The van der Waals surface area contributed by atoms with Gasteiger partial charge in [-0.05, 0) is 59.2 Å². The number of benzene rings is 1. The number of hydrogen-bond donors (Lipinski definition) is 1. The van der Waals surface area contributed by atoms with Crippen molar-refractivity contribution in [2.24, 2.45) is 0 Å². The monoisotopic (exact) mass is 579 g/mol. The highest BCUT2D eigenvalue weighted by Gasteiger charge is 2.34. The van der Waals surface area contributed by atoms with Gasteiger partial charge in [0, 0.05) is 53.8 Å². The lowest BCUT2D eigenvalue weighted by molar-refractivity contribution is -0.145. The molecule has 0 spiro atoms. The van der Waals surface area contributed by atoms with E-state index in [9.17, 15) is 22.8 Å². The number of carbonyl (C=O) groups is 2. The normalized spacial score (nSPS) is 12.5. The molecule has 0 saturated carbocycles. The smallest absolute Gasteiger partial charge is 0.451 e. The average Bonchev–Trinajstić information content (AvgIpc) is 3.31. The fraction of sp³-hybridized carbons (Fsp3) is 0.444. The molecule has 0 aliphatic heterocycles. The summed E-state index contributed by atoms with van der Waals surface area (Å²) in [6.07, 6.45) is -0.757. The lowest BCUT2D eigenvalue weighted by atomic mass is 10.1. The summed E-state index contributed by atoms with van der Waals surface area (Å²) in [5.41, 5.74) is 0.687. The van der Waals surface area contributed by atoms with Crippen molar-refractivity contribution in [3.05, 3.63) is 58.6 Å². The quantitative estimate of drug-likeness (QED) is 0.308. The van der Waals surface area contributed by atoms with Crippen molar-refractivity contribution in [2.75, 3.05) is 20.2 Å². The van der Waals surface area contributed by atoms with Gasteiger partial charge in [0.15, 0.2) is 0 Å². The van der Waals surface area contributed by atoms with E-state index in [0.717, 1.165) is 17.3 Å². The number of aromatic nitrogens is 3. The Balaban J connectivity index is 1.71. The topological polar surface area (TPSA) is 107 Å². The minimum Gasteiger partial charge on any atom is -0.493 e. The van der Waals surface area contributed by atoms with Gasteiger partial charge in [0.1, 0.15) is 16.4 Å². The van der Waals surface area contributed by atoms with Gasteiger partial charge < -0.3 is 19.7 Å². The zero-order valence-electron chi connectivity index (χ0n) is 23.1. The van der Waals surface area contributed by atoms with Crippen LogP contribution in [0.3, 0.4) is 0 Å². The van der Waals surface area contributed by atoms with Gasteiger partial charge in [-0.2, -0.15) is 13.2 Å². The van der Waals surface area contributed by atoms with Crippen LogP contribution in [0.25, 0.3) is 10.6 Å². The van der Waals surface area contributed by atoms with Crippen LogP contribution in [0.4, 0.5) is 18.0 Å². The highest BCUT2D eigenvalue weighted by atomic mass is 32.1. The summed E-state index contributed by atoms with van der Waals surface area (Å²) in [6.45, 7) is 9.61. The molecular weight excluding hydrogens is 547 g/mol. The molecule has 0 bridgehead atoms. The van der Waals surface area contributed by atoms with E-state index < -0.39 is 35.6 Å². The maximum absolute atomic E-state index is 13.1. The second-order valence-electron chi connectivity index (χ2n) is 10.2. The number of carbonyl (C=O) groups excluding carboxylic acids is 2. The van der Waals surface area contributed by atoms with Crippen molar-refractivity contribution in [3.63, 3.8) is 0 Å². The molecule has 2 aromatic heterocycles. The molecule has 1 aromatic carbocycles. The molecule has 0 radical (unpaired) electrons. The lowest BCUT2D eigenvalue weighted by Gasteiger charge is -2.24. The molecule has 0 aliphatic carbocycles. The third-order valence-corrected chi connectivity index (χ3v) is 6.38. The first-order chi connectivity index (χ1) is 18.6. The van der Waals surface area contributed by atoms with Crippen molar-refractivity contribution in [3.8, 4) is 16.3 Å². The van der Waals surface area contributed by atoms with Crippen LogP contribution < -0.4 is 10.1 Å². The number of rotatable bonds is 9. The number of halogens is 3. The number of thiazole rings is 1. The summed E-state index contributed by atoms with van der Waals surface area (Å²) in [6, 6.07) is 4.37. The SMILES string of the molecule is Cc1cnc(-c2cc(OCCCN(C)C(=O)OC(C)(C)C)cc(C(=O)N[C@H](C)c3cnc(C(F)(F)F)nc3)c2)s1. The van der Waals surface area contributed by atoms with Gasteiger partial charge in [-0.25, -0.2) is 19.7 Å². The largest absolute Gasteiger partial charge is 0.493 e. The molecule has 13 heteroatoms. The van der Waals surface area contributed by atoms with Gasteiger partial charge in [0.2, 0.25) is 5.82 Å². The van der Waals surface area contributed by atoms with Crippen molar-refractivity contribution in [1.82, 2.24) is 25.2 Å². The van der Waals surface area contributed by atoms with Crippen molar-refractivity contribution >= 4 is 23.3 Å². The van der Waals surface area contributed by atoms with E-state index in [1.54, 1.807) is 59.1 Å². The van der Waals surface area contributed by atoms with Gasteiger partial charge in [-0.3, -0.25) is 4.79 Å². The molecule has 2 heterocycles. The molecule has 1 N–H and O–H groups in total. The van der Waals surface area contributed by atoms with Crippen LogP contribution in [0.15, 0.2) is 36.8 Å². The van der Waals surface area contributed by atoms with E-state index in [-0.39, 0.29) is 12.2 Å². The molecular formula is C27H32F3N5O4S. The van der Waals surface area contributed by atoms with Gasteiger partial charge in [-0.1, -0.05) is 0 Å². The number of nitrogens with one attached hydrogen (secondary N) is 1. The third-order valence-electron chi connectivity index (χ3n) is 5.42. The summed E-state index contributed by atoms with van der Waals surface area (Å²) in [4.78, 5) is 38.9. The second-order valence-corrected chi connectivity index (χ2v) is 11.4. The van der Waals surface area contributed by atoms with Gasteiger partial charge >= 0.3 is 12.3 Å². The predicted molar refractivity (Wildman–Crippen MR) is 144 cm³/mol. The Kier molecular flexibility index (Phi) is 9.72. The Morgan fingerprint density at radius 3 is 2.33 bits per heavy atom. The maximum atomic E-state index is 13.1. The summed E-state index contributed by atoms with van der Waals surface area (Å²) in [5.74, 6) is -1.28. The Labute approximate surface area is 234 Å². The standard InChI is InChI=1S/C27H32F3N5O4S/c1-16-13-31-23(40-16)19-10-18(22(36)34-17(2)20-14-32-24(33-15-20)27(28,29)30)11-21(12-19)38-9-7-8-35(6)25(37)39-26(3,4)5/h10-15,17H,7-9H2,1-6H3,(H,34,36)/t17-/m1/s1. The predicted octanol–water partition coefficient (Wildman–Crippen LogP) is 6.05. The number of nitrogens with zero attached hydrogens (tertiary/aromatic N) is 4. The molecule has 0 unspecified atom stereocenters. The number of aryl methyl sites for hydroxylation is 1. The molecule has 3 rings (SSSR count). The number of amides is 2. The molecule has 40 heavy (non-hydrogen) atoms. The first-order valence-electron chi connectivity index (χ1n) is 12.5. The maximum Gasteiger partial charge on any atom is 0.451 e. The van der Waals surface area contributed by atoms with E-state index in [2.05, 4.69) is 20.3 Å². The fourth-order valence-corrected chi connectivity index (χ4v) is 4.17. The van der Waals surface area contributed by atoms with Gasteiger partial charge in [0.25, 0.3) is 5.91 Å². The second kappa shape index (κ2) is 12.6. The van der Waals surface area contributed by atoms with Crippen LogP contribution >= 0.6 is 11.3 Å². The molecule has 3 aromatic rings. The minimum absolute atomic E-state index is 0.272. The number of alkyl halides is 3. The van der Waals surface area contributed by atoms with E-state index in [0.29, 0.717) is 34.8 Å². The molecule has 216 valence electrons. The summed E-state index contributed by atoms with van der Waals surface area (Å²) >= 11 is 1.46. The molecule has 0 saturated heterocycles. The summed E-state index contributed by atoms with van der Waals surface area (Å²) in [7, 11) is 1.64. The summed E-state index contributed by atoms with van der Waals surface area (Å²) in [5, 5.41) is 3.46. The van der Waals surface area contributed by atoms with Crippen LogP contribution in [0.1, 0.15) is 66.8 Å². The lowest BCUT2D eigenvalue weighted by Crippen LogP contribution is -2.35. The van der Waals surface area contributed by atoms with Crippen LogP contribution in [-0.2, 0) is 10.9 Å². The minimum atomic E-state index is -4.65.